The maximum atomic E-state index is 12.6. The highest BCUT2D eigenvalue weighted by Gasteiger charge is 2.14. The van der Waals surface area contributed by atoms with Crippen LogP contribution >= 0.6 is 0 Å². The quantitative estimate of drug-likeness (QED) is 0.427. The first-order chi connectivity index (χ1) is 15.7. The first-order valence-corrected chi connectivity index (χ1v) is 10.4. The molecule has 7 nitrogen and oxygen atoms in total. The minimum absolute atomic E-state index is 0.157. The third-order valence-corrected chi connectivity index (χ3v) is 5.65. The van der Waals surface area contributed by atoms with Gasteiger partial charge in [0.25, 0.3) is 0 Å². The van der Waals surface area contributed by atoms with Crippen molar-refractivity contribution in [1.82, 2.24) is 24.5 Å². The molecule has 1 atom stereocenters. The highest BCUT2D eigenvalue weighted by atomic mass is 16.1. The van der Waals surface area contributed by atoms with Crippen LogP contribution in [0, 0.1) is 11.3 Å². The summed E-state index contributed by atoms with van der Waals surface area (Å²) in [4.78, 5) is 27.5. The van der Waals surface area contributed by atoms with E-state index in [-0.39, 0.29) is 11.6 Å². The summed E-state index contributed by atoms with van der Waals surface area (Å²) in [6.07, 6.45) is 7.82. The Morgan fingerprint density at radius 3 is 2.69 bits per heavy atom. The van der Waals surface area contributed by atoms with Crippen molar-refractivity contribution in [2.75, 3.05) is 0 Å². The van der Waals surface area contributed by atoms with Crippen LogP contribution in [0.4, 0.5) is 0 Å². The van der Waals surface area contributed by atoms with E-state index in [0.717, 1.165) is 34.1 Å². The topological polar surface area (TPSA) is 103 Å². The molecule has 0 aliphatic heterocycles. The summed E-state index contributed by atoms with van der Waals surface area (Å²) in [7, 11) is 0. The fourth-order valence-corrected chi connectivity index (χ4v) is 3.92. The molecule has 0 aliphatic carbocycles. The Kier molecular flexibility index (Phi) is 4.88. The van der Waals surface area contributed by atoms with Gasteiger partial charge in [0.1, 0.15) is 5.65 Å². The summed E-state index contributed by atoms with van der Waals surface area (Å²) >= 11 is 0. The maximum absolute atomic E-state index is 12.6. The molecule has 0 amide bonds. The molecule has 4 heterocycles. The Labute approximate surface area is 184 Å². The normalized spacial score (nSPS) is 12.0. The van der Waals surface area contributed by atoms with Crippen LogP contribution in [0.15, 0.2) is 78.1 Å². The fraction of sp³-hybridized carbons (Fsp3) is 0.120. The third kappa shape index (κ3) is 3.38. The van der Waals surface area contributed by atoms with Gasteiger partial charge >= 0.3 is 5.69 Å². The molecule has 7 heteroatoms. The first-order valence-electron chi connectivity index (χ1n) is 10.4. The lowest BCUT2D eigenvalue weighted by Crippen LogP contribution is -2.16. The van der Waals surface area contributed by atoms with Crippen molar-refractivity contribution in [1.29, 1.82) is 5.26 Å². The summed E-state index contributed by atoms with van der Waals surface area (Å²) in [5, 5.41) is 10.3. The van der Waals surface area contributed by atoms with Crippen LogP contribution in [0.3, 0.4) is 0 Å². The second-order valence-electron chi connectivity index (χ2n) is 7.57. The maximum Gasteiger partial charge on any atom is 0.330 e. The van der Waals surface area contributed by atoms with Gasteiger partial charge in [-0.2, -0.15) is 5.26 Å². The highest BCUT2D eigenvalue weighted by Crippen LogP contribution is 2.27. The van der Waals surface area contributed by atoms with Crippen LogP contribution in [0.1, 0.15) is 24.8 Å². The van der Waals surface area contributed by atoms with E-state index in [4.69, 9.17) is 0 Å². The fourth-order valence-electron chi connectivity index (χ4n) is 3.92. The van der Waals surface area contributed by atoms with Crippen LogP contribution < -0.4 is 5.69 Å². The van der Waals surface area contributed by atoms with E-state index in [2.05, 4.69) is 32.1 Å². The lowest BCUT2D eigenvalue weighted by molar-refractivity contribution is 0.817. The Hall–Kier alpha value is -4.44. The lowest BCUT2D eigenvalue weighted by Gasteiger charge is -2.11. The van der Waals surface area contributed by atoms with Crippen LogP contribution in [0.2, 0.25) is 0 Å². The van der Waals surface area contributed by atoms with Gasteiger partial charge in [-0.25, -0.2) is 9.78 Å². The number of imidazole rings is 1. The number of nitrogens with zero attached hydrogens (tertiary/aromatic N) is 4. The van der Waals surface area contributed by atoms with Crippen LogP contribution in [-0.2, 0) is 0 Å². The number of aromatic nitrogens is 5. The summed E-state index contributed by atoms with van der Waals surface area (Å²) in [6.45, 7) is 1.98. The number of pyridine rings is 2. The van der Waals surface area contributed by atoms with Crippen LogP contribution in [-0.4, -0.2) is 24.5 Å². The molecule has 1 unspecified atom stereocenters. The molecular weight excluding hydrogens is 400 g/mol. The van der Waals surface area contributed by atoms with Crippen molar-refractivity contribution >= 4 is 11.0 Å². The van der Waals surface area contributed by atoms with E-state index in [9.17, 15) is 10.1 Å². The number of fused-ring (bicyclic) bond motifs is 1. The summed E-state index contributed by atoms with van der Waals surface area (Å²) < 4.78 is 1.59. The number of nitrogens with one attached hydrogen (secondary N) is 2. The standard InChI is InChI=1S/C25H20N6O/c1-2-16(13-26)17-3-5-21(6-4-17)31-23(15-30-25(31)32)22-12-18(7-9-27-22)20-11-19-8-10-28-24(19)29-14-20/h3-12,14-16H,2H2,1H3,(H,28,29)(H,30,32). The van der Waals surface area contributed by atoms with E-state index in [0.29, 0.717) is 17.1 Å². The van der Waals surface area contributed by atoms with E-state index < -0.39 is 0 Å². The highest BCUT2D eigenvalue weighted by molar-refractivity contribution is 5.82. The number of rotatable bonds is 5. The lowest BCUT2D eigenvalue weighted by atomic mass is 9.98. The average molecular weight is 420 g/mol. The summed E-state index contributed by atoms with van der Waals surface area (Å²) in [5.74, 6) is -0.157. The number of hydrogen-bond donors (Lipinski definition) is 2. The molecule has 32 heavy (non-hydrogen) atoms. The van der Waals surface area contributed by atoms with Crippen molar-refractivity contribution in [2.24, 2.45) is 0 Å². The molecule has 0 fully saturated rings. The van der Waals surface area contributed by atoms with E-state index in [1.54, 1.807) is 17.0 Å². The Morgan fingerprint density at radius 1 is 1.06 bits per heavy atom. The molecule has 0 spiro atoms. The van der Waals surface area contributed by atoms with Gasteiger partial charge in [-0.1, -0.05) is 19.1 Å². The van der Waals surface area contributed by atoms with Gasteiger partial charge in [-0.3, -0.25) is 9.55 Å². The largest absolute Gasteiger partial charge is 0.346 e. The molecule has 1 aromatic carbocycles. The Balaban J connectivity index is 1.55. The van der Waals surface area contributed by atoms with E-state index >= 15 is 0 Å². The van der Waals surface area contributed by atoms with E-state index in [1.165, 1.54) is 0 Å². The number of benzene rings is 1. The Morgan fingerprint density at radius 2 is 1.91 bits per heavy atom. The molecule has 0 radical (unpaired) electrons. The summed E-state index contributed by atoms with van der Waals surface area (Å²) in [6, 6.07) is 17.8. The second-order valence-corrected chi connectivity index (χ2v) is 7.57. The van der Waals surface area contributed by atoms with Gasteiger partial charge in [0.2, 0.25) is 0 Å². The zero-order chi connectivity index (χ0) is 22.1. The molecule has 5 aromatic rings. The van der Waals surface area contributed by atoms with Crippen LogP contribution in [0.5, 0.6) is 0 Å². The predicted octanol–water partition coefficient (Wildman–Crippen LogP) is 4.79. The number of aromatic amines is 2. The molecule has 156 valence electrons. The molecular formula is C25H20N6O. The van der Waals surface area contributed by atoms with Crippen molar-refractivity contribution < 1.29 is 0 Å². The molecule has 0 bridgehead atoms. The molecule has 2 N–H and O–H groups in total. The number of hydrogen-bond acceptors (Lipinski definition) is 4. The zero-order valence-corrected chi connectivity index (χ0v) is 17.4. The second kappa shape index (κ2) is 8.00. The van der Waals surface area contributed by atoms with Gasteiger partial charge in [0.15, 0.2) is 0 Å². The number of nitriles is 1. The van der Waals surface area contributed by atoms with Crippen molar-refractivity contribution in [3.05, 3.63) is 89.4 Å². The molecule has 0 aliphatic rings. The van der Waals surface area contributed by atoms with E-state index in [1.807, 2.05) is 61.8 Å². The SMILES string of the molecule is CCC(C#N)c1ccc(-n2c(-c3cc(-c4cnc5[nH]ccc5c4)ccn3)c[nH]c2=O)cc1. The average Bonchev–Trinajstić information content (AvgIpc) is 3.46. The van der Waals surface area contributed by atoms with Gasteiger partial charge in [0, 0.05) is 35.7 Å². The minimum atomic E-state index is -0.248. The molecule has 5 rings (SSSR count). The van der Waals surface area contributed by atoms with Gasteiger partial charge in [0.05, 0.1) is 29.1 Å². The van der Waals surface area contributed by atoms with Crippen molar-refractivity contribution in [2.45, 2.75) is 19.3 Å². The van der Waals surface area contributed by atoms with Gasteiger partial charge < -0.3 is 9.97 Å². The third-order valence-electron chi connectivity index (χ3n) is 5.65. The van der Waals surface area contributed by atoms with Crippen LogP contribution in [0.25, 0.3) is 39.2 Å². The first kappa shape index (κ1) is 19.5. The molecule has 0 saturated heterocycles. The summed E-state index contributed by atoms with van der Waals surface area (Å²) in [5.41, 5.74) is 5.50. The molecule has 4 aromatic heterocycles. The molecule has 0 saturated carbocycles. The predicted molar refractivity (Wildman–Crippen MR) is 123 cm³/mol. The smallest absolute Gasteiger partial charge is 0.330 e. The van der Waals surface area contributed by atoms with Gasteiger partial charge in [-0.15, -0.1) is 0 Å². The van der Waals surface area contributed by atoms with Crippen molar-refractivity contribution in [3.63, 3.8) is 0 Å². The van der Waals surface area contributed by atoms with Gasteiger partial charge in [-0.05, 0) is 53.9 Å². The Bertz CT molecular complexity index is 1500. The minimum Gasteiger partial charge on any atom is -0.346 e. The van der Waals surface area contributed by atoms with Crippen molar-refractivity contribution in [3.8, 4) is 34.3 Å². The monoisotopic (exact) mass is 420 g/mol. The zero-order valence-electron chi connectivity index (χ0n) is 17.4. The number of H-pyrrole nitrogens is 2.